The molecule has 0 N–H and O–H groups in total. The molecule has 1 aromatic heterocycles. The van der Waals surface area contributed by atoms with Gasteiger partial charge < -0.3 is 14.3 Å². The van der Waals surface area contributed by atoms with E-state index in [1.54, 1.807) is 0 Å². The van der Waals surface area contributed by atoms with Crippen molar-refractivity contribution in [1.82, 2.24) is 9.47 Å². The summed E-state index contributed by atoms with van der Waals surface area (Å²) in [4.78, 5) is 7.52. The van der Waals surface area contributed by atoms with Crippen LogP contribution in [0.25, 0.3) is 5.69 Å². The molecule has 0 unspecified atom stereocenters. The summed E-state index contributed by atoms with van der Waals surface area (Å²) in [5.41, 5.74) is 4.30. The average molecular weight is 255 g/mol. The van der Waals surface area contributed by atoms with Crippen molar-refractivity contribution in [3.63, 3.8) is 0 Å². The lowest BCUT2D eigenvalue weighted by molar-refractivity contribution is 0.126. The van der Waals surface area contributed by atoms with Crippen molar-refractivity contribution in [2.24, 2.45) is 5.16 Å². The predicted octanol–water partition coefficient (Wildman–Crippen LogP) is 2.12. The Morgan fingerprint density at radius 3 is 2.84 bits per heavy atom. The fourth-order valence-electron chi connectivity index (χ4n) is 2.24. The number of para-hydroxylation sites is 1. The third kappa shape index (κ3) is 2.15. The fourth-order valence-corrected chi connectivity index (χ4v) is 2.24. The summed E-state index contributed by atoms with van der Waals surface area (Å²) in [6, 6.07) is 12.3. The smallest absolute Gasteiger partial charge is 0.136 e. The summed E-state index contributed by atoms with van der Waals surface area (Å²) >= 11 is 0. The van der Waals surface area contributed by atoms with Crippen LogP contribution in [0.5, 0.6) is 0 Å². The molecule has 0 atom stereocenters. The molecule has 0 saturated heterocycles. The van der Waals surface area contributed by atoms with E-state index in [9.17, 15) is 0 Å². The van der Waals surface area contributed by atoms with Gasteiger partial charge in [-0.05, 0) is 32.3 Å². The van der Waals surface area contributed by atoms with Crippen LogP contribution in [0.15, 0.2) is 47.8 Å². The molecule has 2 aromatic rings. The van der Waals surface area contributed by atoms with Crippen molar-refractivity contribution in [2.75, 3.05) is 27.2 Å². The van der Waals surface area contributed by atoms with Crippen molar-refractivity contribution in [2.45, 2.75) is 0 Å². The molecule has 2 heterocycles. The third-order valence-corrected chi connectivity index (χ3v) is 3.20. The van der Waals surface area contributed by atoms with Crippen molar-refractivity contribution < 1.29 is 4.84 Å². The quantitative estimate of drug-likeness (QED) is 0.528. The minimum atomic E-state index is 0.597. The van der Waals surface area contributed by atoms with E-state index in [0.717, 1.165) is 29.2 Å². The second-order valence-corrected chi connectivity index (χ2v) is 4.86. The number of oxime groups is 1. The van der Waals surface area contributed by atoms with E-state index in [2.05, 4.69) is 39.0 Å². The molecule has 3 rings (SSSR count). The number of benzene rings is 1. The average Bonchev–Trinajstić information content (AvgIpc) is 2.96. The van der Waals surface area contributed by atoms with Crippen LogP contribution >= 0.6 is 0 Å². The summed E-state index contributed by atoms with van der Waals surface area (Å²) in [5, 5.41) is 4.32. The van der Waals surface area contributed by atoms with E-state index < -0.39 is 0 Å². The zero-order valence-corrected chi connectivity index (χ0v) is 11.2. The second kappa shape index (κ2) is 4.90. The van der Waals surface area contributed by atoms with Gasteiger partial charge in [-0.15, -0.1) is 0 Å². The first kappa shape index (κ1) is 12.0. The monoisotopic (exact) mass is 255 g/mol. The maximum absolute atomic E-state index is 5.44. The van der Waals surface area contributed by atoms with E-state index in [4.69, 9.17) is 4.84 Å². The Labute approximate surface area is 112 Å². The van der Waals surface area contributed by atoms with E-state index in [0.29, 0.717) is 6.61 Å². The molecule has 0 radical (unpaired) electrons. The molecule has 4 heteroatoms. The highest BCUT2D eigenvalue weighted by Crippen LogP contribution is 2.28. The van der Waals surface area contributed by atoms with Gasteiger partial charge in [-0.2, -0.15) is 0 Å². The number of fused-ring (bicyclic) bond motifs is 3. The molecule has 0 aliphatic carbocycles. The van der Waals surface area contributed by atoms with Gasteiger partial charge in [0.2, 0.25) is 0 Å². The van der Waals surface area contributed by atoms with Crippen LogP contribution in [0.1, 0.15) is 11.3 Å². The molecular weight excluding hydrogens is 238 g/mol. The Bertz CT molecular complexity index is 613. The van der Waals surface area contributed by atoms with Crippen LogP contribution in [0.4, 0.5) is 0 Å². The summed E-state index contributed by atoms with van der Waals surface area (Å²) < 4.78 is 2.14. The Kier molecular flexibility index (Phi) is 3.09. The van der Waals surface area contributed by atoms with Gasteiger partial charge in [0.25, 0.3) is 0 Å². The van der Waals surface area contributed by atoms with Crippen molar-refractivity contribution in [3.8, 4) is 5.69 Å². The van der Waals surface area contributed by atoms with Gasteiger partial charge in [-0.3, -0.25) is 0 Å². The molecule has 0 fully saturated rings. The molecule has 0 amide bonds. The van der Waals surface area contributed by atoms with Crippen molar-refractivity contribution in [3.05, 3.63) is 53.9 Å². The van der Waals surface area contributed by atoms with Gasteiger partial charge in [0.15, 0.2) is 0 Å². The minimum Gasteiger partial charge on any atom is -0.394 e. The molecule has 0 spiro atoms. The van der Waals surface area contributed by atoms with E-state index in [1.807, 2.05) is 32.3 Å². The van der Waals surface area contributed by atoms with Crippen LogP contribution in [-0.2, 0) is 4.84 Å². The number of aromatic nitrogens is 1. The molecule has 4 nitrogen and oxygen atoms in total. The lowest BCUT2D eigenvalue weighted by Crippen LogP contribution is -2.17. The van der Waals surface area contributed by atoms with Crippen LogP contribution in [0, 0.1) is 0 Å². The van der Waals surface area contributed by atoms with Crippen molar-refractivity contribution >= 4 is 5.71 Å². The van der Waals surface area contributed by atoms with E-state index in [-0.39, 0.29) is 0 Å². The highest BCUT2D eigenvalue weighted by atomic mass is 16.6. The summed E-state index contributed by atoms with van der Waals surface area (Å²) in [7, 11) is 4.04. The third-order valence-electron chi connectivity index (χ3n) is 3.20. The summed E-state index contributed by atoms with van der Waals surface area (Å²) in [6.07, 6.45) is 2.05. The number of hydrogen-bond donors (Lipinski definition) is 0. The van der Waals surface area contributed by atoms with Crippen LogP contribution in [0.2, 0.25) is 0 Å². The number of likely N-dealkylation sites (N-methyl/N-ethyl adjacent to an activating group) is 1. The van der Waals surface area contributed by atoms with Gasteiger partial charge >= 0.3 is 0 Å². The number of nitrogens with zero attached hydrogens (tertiary/aromatic N) is 3. The highest BCUT2D eigenvalue weighted by Gasteiger charge is 2.24. The molecule has 0 saturated carbocycles. The Morgan fingerprint density at radius 2 is 2.00 bits per heavy atom. The van der Waals surface area contributed by atoms with Gasteiger partial charge in [0.1, 0.15) is 12.3 Å². The standard InChI is InChI=1S/C15H17N3O/c1-17(2)10-11-19-16-15-12-6-3-4-7-13(12)18-9-5-8-14(15)18/h3-9H,10-11H2,1-2H3/b16-15+. The van der Waals surface area contributed by atoms with E-state index >= 15 is 0 Å². The molecule has 1 aliphatic heterocycles. The highest BCUT2D eigenvalue weighted by molar-refractivity contribution is 6.17. The Balaban J connectivity index is 1.88. The lowest BCUT2D eigenvalue weighted by atomic mass is 10.1. The number of hydrogen-bond acceptors (Lipinski definition) is 3. The van der Waals surface area contributed by atoms with E-state index in [1.165, 1.54) is 0 Å². The normalized spacial score (nSPS) is 14.8. The first-order valence-electron chi connectivity index (χ1n) is 6.39. The first-order chi connectivity index (χ1) is 9.27. The fraction of sp³-hybridized carbons (Fsp3) is 0.267. The number of rotatable bonds is 4. The maximum Gasteiger partial charge on any atom is 0.136 e. The minimum absolute atomic E-state index is 0.597. The maximum atomic E-state index is 5.44. The second-order valence-electron chi connectivity index (χ2n) is 4.86. The van der Waals surface area contributed by atoms with Gasteiger partial charge in [-0.1, -0.05) is 23.4 Å². The SMILES string of the molecule is CN(C)CCO/N=C1\c2ccccc2-n2cccc21. The van der Waals surface area contributed by atoms with Crippen molar-refractivity contribution in [1.29, 1.82) is 0 Å². The van der Waals surface area contributed by atoms with Crippen LogP contribution in [0.3, 0.4) is 0 Å². The Hall–Kier alpha value is -2.07. The first-order valence-corrected chi connectivity index (χ1v) is 6.39. The molecule has 0 bridgehead atoms. The predicted molar refractivity (Wildman–Crippen MR) is 75.9 cm³/mol. The molecule has 1 aliphatic rings. The van der Waals surface area contributed by atoms with Crippen LogP contribution in [-0.4, -0.2) is 42.4 Å². The van der Waals surface area contributed by atoms with Crippen LogP contribution < -0.4 is 0 Å². The van der Waals surface area contributed by atoms with Gasteiger partial charge in [-0.25, -0.2) is 0 Å². The summed E-state index contributed by atoms with van der Waals surface area (Å²) in [5.74, 6) is 0. The zero-order chi connectivity index (χ0) is 13.2. The van der Waals surface area contributed by atoms with Gasteiger partial charge in [0, 0.05) is 18.3 Å². The Morgan fingerprint density at radius 1 is 1.16 bits per heavy atom. The molecule has 98 valence electrons. The molecule has 1 aromatic carbocycles. The van der Waals surface area contributed by atoms with Gasteiger partial charge in [0.05, 0.1) is 11.4 Å². The topological polar surface area (TPSA) is 29.8 Å². The largest absolute Gasteiger partial charge is 0.394 e. The molecule has 19 heavy (non-hydrogen) atoms. The zero-order valence-electron chi connectivity index (χ0n) is 11.2. The summed E-state index contributed by atoms with van der Waals surface area (Å²) in [6.45, 7) is 1.46. The molecular formula is C15H17N3O. The lowest BCUT2D eigenvalue weighted by Gasteiger charge is -2.07.